The number of nitrogens with zero attached hydrogens (tertiary/aromatic N) is 2. The second-order valence-electron chi connectivity index (χ2n) is 4.28. The molecule has 0 aliphatic carbocycles. The van der Waals surface area contributed by atoms with Crippen LogP contribution >= 0.6 is 0 Å². The fraction of sp³-hybridized carbons (Fsp3) is 0.0625. The lowest BCUT2D eigenvalue weighted by atomic mass is 9.94. The number of fused-ring (bicyclic) bond motifs is 3. The van der Waals surface area contributed by atoms with Gasteiger partial charge in [-0.2, -0.15) is 0 Å². The van der Waals surface area contributed by atoms with Crippen molar-refractivity contribution in [1.29, 1.82) is 0 Å². The summed E-state index contributed by atoms with van der Waals surface area (Å²) in [7, 11) is 0. The standard InChI is InChI=1S/C16H14N2/c1-17-10-11-18-12-13-6-2-3-7-14(13)15-8-4-5-9-16(15)18/h2-11H,1,12H2/b11-10-. The summed E-state index contributed by atoms with van der Waals surface area (Å²) in [5.74, 6) is 0. The maximum atomic E-state index is 3.79. The summed E-state index contributed by atoms with van der Waals surface area (Å²) in [6.45, 7) is 4.36. The van der Waals surface area contributed by atoms with Gasteiger partial charge in [0.2, 0.25) is 0 Å². The van der Waals surface area contributed by atoms with Crippen LogP contribution in [0.25, 0.3) is 11.1 Å². The van der Waals surface area contributed by atoms with Gasteiger partial charge < -0.3 is 4.90 Å². The Bertz CT molecular complexity index is 614. The molecular weight excluding hydrogens is 220 g/mol. The van der Waals surface area contributed by atoms with E-state index in [-0.39, 0.29) is 0 Å². The zero-order valence-corrected chi connectivity index (χ0v) is 10.1. The van der Waals surface area contributed by atoms with E-state index in [0.29, 0.717) is 0 Å². The molecule has 0 saturated heterocycles. The summed E-state index contributed by atoms with van der Waals surface area (Å²) in [5.41, 5.74) is 5.15. The van der Waals surface area contributed by atoms with Crippen LogP contribution in [-0.2, 0) is 6.54 Å². The predicted octanol–water partition coefficient (Wildman–Crippen LogP) is 3.85. The van der Waals surface area contributed by atoms with Crippen LogP contribution in [0.2, 0.25) is 0 Å². The molecule has 3 rings (SSSR count). The van der Waals surface area contributed by atoms with Crippen LogP contribution in [0.15, 0.2) is 65.9 Å². The van der Waals surface area contributed by atoms with Crippen molar-refractivity contribution >= 4 is 12.4 Å². The number of anilines is 1. The van der Waals surface area contributed by atoms with Gasteiger partial charge in [0.05, 0.1) is 0 Å². The van der Waals surface area contributed by atoms with Crippen molar-refractivity contribution in [3.63, 3.8) is 0 Å². The van der Waals surface area contributed by atoms with Gasteiger partial charge in [0.1, 0.15) is 0 Å². The molecule has 0 aromatic heterocycles. The highest BCUT2D eigenvalue weighted by atomic mass is 15.1. The molecule has 0 N–H and O–H groups in total. The first-order valence-corrected chi connectivity index (χ1v) is 5.96. The third-order valence-corrected chi connectivity index (χ3v) is 3.21. The minimum absolute atomic E-state index is 0.874. The van der Waals surface area contributed by atoms with E-state index in [9.17, 15) is 0 Å². The van der Waals surface area contributed by atoms with Crippen LogP contribution < -0.4 is 4.90 Å². The van der Waals surface area contributed by atoms with Gasteiger partial charge in [-0.05, 0) is 23.9 Å². The molecule has 1 aliphatic heterocycles. The number of benzene rings is 2. The van der Waals surface area contributed by atoms with E-state index in [1.54, 1.807) is 6.20 Å². The lowest BCUT2D eigenvalue weighted by Gasteiger charge is -2.29. The highest BCUT2D eigenvalue weighted by molar-refractivity contribution is 5.84. The Hall–Kier alpha value is -2.35. The number of hydrogen-bond donors (Lipinski definition) is 0. The first-order valence-electron chi connectivity index (χ1n) is 5.96. The first kappa shape index (κ1) is 10.8. The van der Waals surface area contributed by atoms with Gasteiger partial charge >= 0.3 is 0 Å². The summed E-state index contributed by atoms with van der Waals surface area (Å²) >= 11 is 0. The molecule has 0 atom stereocenters. The molecule has 88 valence electrons. The smallest absolute Gasteiger partial charge is 0.0489 e. The van der Waals surface area contributed by atoms with Crippen molar-refractivity contribution in [2.75, 3.05) is 4.90 Å². The minimum Gasteiger partial charge on any atom is -0.341 e. The third-order valence-electron chi connectivity index (χ3n) is 3.21. The Kier molecular flexibility index (Phi) is 2.69. The Labute approximate surface area is 107 Å². The summed E-state index contributed by atoms with van der Waals surface area (Å²) in [6.07, 6.45) is 3.70. The zero-order valence-electron chi connectivity index (χ0n) is 10.1. The average molecular weight is 234 g/mol. The normalized spacial score (nSPS) is 13.2. The average Bonchev–Trinajstić information content (AvgIpc) is 2.45. The molecule has 0 amide bonds. The van der Waals surface area contributed by atoms with Crippen molar-refractivity contribution in [2.45, 2.75) is 6.54 Å². The summed E-state index contributed by atoms with van der Waals surface area (Å²) in [5, 5.41) is 0. The quantitative estimate of drug-likeness (QED) is 0.721. The Morgan fingerprint density at radius 2 is 1.72 bits per heavy atom. The summed E-state index contributed by atoms with van der Waals surface area (Å²) in [4.78, 5) is 5.99. The fourth-order valence-electron chi connectivity index (χ4n) is 2.40. The molecule has 0 saturated carbocycles. The SMILES string of the molecule is C=N/C=C\N1Cc2ccccc2-c2ccccc21. The van der Waals surface area contributed by atoms with Gasteiger partial charge in [0.25, 0.3) is 0 Å². The first-order chi connectivity index (χ1) is 8.90. The Morgan fingerprint density at radius 1 is 1.00 bits per heavy atom. The van der Waals surface area contributed by atoms with E-state index >= 15 is 0 Å². The maximum Gasteiger partial charge on any atom is 0.0489 e. The van der Waals surface area contributed by atoms with Gasteiger partial charge in [-0.15, -0.1) is 0 Å². The lowest BCUT2D eigenvalue weighted by Crippen LogP contribution is -2.20. The van der Waals surface area contributed by atoms with Gasteiger partial charge in [-0.3, -0.25) is 4.99 Å². The monoisotopic (exact) mass is 234 g/mol. The van der Waals surface area contributed by atoms with E-state index in [2.05, 4.69) is 65.1 Å². The highest BCUT2D eigenvalue weighted by Gasteiger charge is 2.19. The van der Waals surface area contributed by atoms with Crippen molar-refractivity contribution in [2.24, 2.45) is 4.99 Å². The number of aliphatic imine (C=N–C) groups is 1. The van der Waals surface area contributed by atoms with Crippen molar-refractivity contribution in [1.82, 2.24) is 0 Å². The van der Waals surface area contributed by atoms with Crippen LogP contribution in [0.1, 0.15) is 5.56 Å². The summed E-state index contributed by atoms with van der Waals surface area (Å²) < 4.78 is 0. The Morgan fingerprint density at radius 3 is 2.56 bits per heavy atom. The molecule has 0 bridgehead atoms. The van der Waals surface area contributed by atoms with Crippen molar-refractivity contribution in [3.05, 3.63) is 66.5 Å². The second-order valence-corrected chi connectivity index (χ2v) is 4.28. The van der Waals surface area contributed by atoms with Gasteiger partial charge in [-0.1, -0.05) is 42.5 Å². The molecule has 18 heavy (non-hydrogen) atoms. The van der Waals surface area contributed by atoms with Gasteiger partial charge in [0, 0.05) is 30.2 Å². The molecule has 1 heterocycles. The van der Waals surface area contributed by atoms with E-state index in [4.69, 9.17) is 0 Å². The topological polar surface area (TPSA) is 15.6 Å². The Balaban J connectivity index is 2.16. The molecule has 0 unspecified atom stereocenters. The number of rotatable bonds is 2. The van der Waals surface area contributed by atoms with Crippen LogP contribution in [0.3, 0.4) is 0 Å². The fourth-order valence-corrected chi connectivity index (χ4v) is 2.40. The molecule has 2 aromatic rings. The van der Waals surface area contributed by atoms with Crippen molar-refractivity contribution < 1.29 is 0 Å². The van der Waals surface area contributed by atoms with Crippen LogP contribution in [0, 0.1) is 0 Å². The van der Waals surface area contributed by atoms with Gasteiger partial charge in [0.15, 0.2) is 0 Å². The predicted molar refractivity (Wildman–Crippen MR) is 76.8 cm³/mol. The maximum absolute atomic E-state index is 3.79. The summed E-state index contributed by atoms with van der Waals surface area (Å²) in [6, 6.07) is 17.0. The molecular formula is C16H14N2. The third kappa shape index (κ3) is 1.72. The number of para-hydroxylation sites is 1. The van der Waals surface area contributed by atoms with E-state index in [1.807, 2.05) is 6.20 Å². The van der Waals surface area contributed by atoms with E-state index < -0.39 is 0 Å². The largest absolute Gasteiger partial charge is 0.341 e. The molecule has 0 fully saturated rings. The van der Waals surface area contributed by atoms with Crippen molar-refractivity contribution in [3.8, 4) is 11.1 Å². The van der Waals surface area contributed by atoms with Crippen LogP contribution in [-0.4, -0.2) is 6.72 Å². The zero-order chi connectivity index (χ0) is 12.4. The van der Waals surface area contributed by atoms with Crippen LogP contribution in [0.5, 0.6) is 0 Å². The van der Waals surface area contributed by atoms with Crippen LogP contribution in [0.4, 0.5) is 5.69 Å². The molecule has 2 nitrogen and oxygen atoms in total. The molecule has 1 aliphatic rings. The molecule has 2 heteroatoms. The lowest BCUT2D eigenvalue weighted by molar-refractivity contribution is 0.951. The highest BCUT2D eigenvalue weighted by Crippen LogP contribution is 2.38. The molecule has 0 spiro atoms. The van der Waals surface area contributed by atoms with E-state index in [1.165, 1.54) is 22.4 Å². The van der Waals surface area contributed by atoms with E-state index in [0.717, 1.165) is 6.54 Å². The van der Waals surface area contributed by atoms with Gasteiger partial charge in [-0.25, -0.2) is 0 Å². The molecule has 2 aromatic carbocycles. The second kappa shape index (κ2) is 4.49. The molecule has 0 radical (unpaired) electrons. The minimum atomic E-state index is 0.874. The number of hydrogen-bond acceptors (Lipinski definition) is 2.